The summed E-state index contributed by atoms with van der Waals surface area (Å²) in [5.74, 6) is 0.544. The molecule has 0 aliphatic heterocycles. The van der Waals surface area contributed by atoms with Gasteiger partial charge in [-0.05, 0) is 56.3 Å². The normalized spacial score (nSPS) is 16.8. The van der Waals surface area contributed by atoms with Crippen LogP contribution in [0.2, 0.25) is 5.02 Å². The van der Waals surface area contributed by atoms with Crippen molar-refractivity contribution in [1.29, 1.82) is 0 Å². The number of allylic oxidation sites excluding steroid dienone is 2. The first-order valence-corrected chi connectivity index (χ1v) is 11.4. The van der Waals surface area contributed by atoms with E-state index in [2.05, 4.69) is 27.5 Å². The zero-order valence-corrected chi connectivity index (χ0v) is 18.7. The molecule has 1 unspecified atom stereocenters. The van der Waals surface area contributed by atoms with Crippen LogP contribution in [-0.2, 0) is 12.6 Å². The Bertz CT molecular complexity index is 884. The number of rotatable bonds is 11. The third kappa shape index (κ3) is 7.07. The Morgan fingerprint density at radius 3 is 2.72 bits per heavy atom. The fraction of sp³-hybridized carbons (Fsp3) is 0.522. The minimum atomic E-state index is -4.53. The van der Waals surface area contributed by atoms with Crippen LogP contribution in [0.4, 0.5) is 13.2 Å². The number of aliphatic hydroxyl groups is 1. The molecule has 9 heteroatoms. The predicted molar refractivity (Wildman–Crippen MR) is 120 cm³/mol. The minimum Gasteiger partial charge on any atom is -0.381 e. The molecule has 0 radical (unpaired) electrons. The lowest BCUT2D eigenvalue weighted by Crippen LogP contribution is -2.35. The van der Waals surface area contributed by atoms with Gasteiger partial charge in [-0.1, -0.05) is 35.9 Å². The Morgan fingerprint density at radius 1 is 1.22 bits per heavy atom. The molecule has 1 heterocycles. The van der Waals surface area contributed by atoms with Gasteiger partial charge in [-0.2, -0.15) is 18.3 Å². The Labute approximate surface area is 191 Å². The standard InChI is InChI=1S/C23H30ClF3N4O/c24-20-8-4-5-9-21(20)31-19(16-22(29-31)23(25,26)27)11-14-30(15-12-28-17-32)13-10-18-6-2-1-3-7-18/h2,4-6,8-9,16,18,28,32H,1,3,7,10-15,17H2. The van der Waals surface area contributed by atoms with Crippen molar-refractivity contribution in [2.45, 2.75) is 38.3 Å². The molecule has 1 aliphatic carbocycles. The number of hydrogen-bond acceptors (Lipinski definition) is 4. The molecule has 3 rings (SSSR count). The summed E-state index contributed by atoms with van der Waals surface area (Å²) >= 11 is 6.25. The summed E-state index contributed by atoms with van der Waals surface area (Å²) in [6.45, 7) is 2.62. The van der Waals surface area contributed by atoms with Gasteiger partial charge in [-0.3, -0.25) is 5.32 Å². The van der Waals surface area contributed by atoms with E-state index in [4.69, 9.17) is 16.7 Å². The summed E-state index contributed by atoms with van der Waals surface area (Å²) in [7, 11) is 0. The monoisotopic (exact) mass is 470 g/mol. The van der Waals surface area contributed by atoms with Crippen molar-refractivity contribution in [1.82, 2.24) is 20.0 Å². The lowest BCUT2D eigenvalue weighted by atomic mass is 9.93. The third-order valence-electron chi connectivity index (χ3n) is 5.73. The van der Waals surface area contributed by atoms with Gasteiger partial charge in [0.05, 0.1) is 17.4 Å². The largest absolute Gasteiger partial charge is 0.435 e. The van der Waals surface area contributed by atoms with E-state index >= 15 is 0 Å². The van der Waals surface area contributed by atoms with E-state index in [1.54, 1.807) is 24.3 Å². The molecule has 0 saturated carbocycles. The molecule has 0 saturated heterocycles. The topological polar surface area (TPSA) is 53.3 Å². The van der Waals surface area contributed by atoms with Gasteiger partial charge in [0.15, 0.2) is 5.69 Å². The molecule has 1 aromatic carbocycles. The molecule has 176 valence electrons. The smallest absolute Gasteiger partial charge is 0.381 e. The van der Waals surface area contributed by atoms with Crippen LogP contribution < -0.4 is 5.32 Å². The maximum atomic E-state index is 13.4. The highest BCUT2D eigenvalue weighted by atomic mass is 35.5. The van der Waals surface area contributed by atoms with Crippen LogP contribution in [-0.4, -0.2) is 52.7 Å². The molecule has 0 amide bonds. The van der Waals surface area contributed by atoms with E-state index in [1.165, 1.54) is 17.5 Å². The summed E-state index contributed by atoms with van der Waals surface area (Å²) in [5.41, 5.74) is -0.0307. The summed E-state index contributed by atoms with van der Waals surface area (Å²) in [5, 5.41) is 16.1. The van der Waals surface area contributed by atoms with Crippen molar-refractivity contribution in [3.63, 3.8) is 0 Å². The fourth-order valence-electron chi connectivity index (χ4n) is 3.96. The van der Waals surface area contributed by atoms with E-state index in [0.717, 1.165) is 25.5 Å². The Morgan fingerprint density at radius 2 is 2.03 bits per heavy atom. The molecule has 0 fully saturated rings. The average molecular weight is 471 g/mol. The Kier molecular flexibility index (Phi) is 9.16. The first-order chi connectivity index (χ1) is 15.4. The lowest BCUT2D eigenvalue weighted by molar-refractivity contribution is -0.141. The van der Waals surface area contributed by atoms with E-state index in [9.17, 15) is 13.2 Å². The first kappa shape index (κ1) is 24.8. The second-order valence-electron chi connectivity index (χ2n) is 8.04. The van der Waals surface area contributed by atoms with Crippen molar-refractivity contribution in [3.8, 4) is 5.69 Å². The van der Waals surface area contributed by atoms with Crippen LogP contribution in [0.25, 0.3) is 5.69 Å². The number of nitrogens with zero attached hydrogens (tertiary/aromatic N) is 3. The van der Waals surface area contributed by atoms with Crippen molar-refractivity contribution >= 4 is 11.6 Å². The number of hydrogen-bond donors (Lipinski definition) is 2. The third-order valence-corrected chi connectivity index (χ3v) is 6.04. The van der Waals surface area contributed by atoms with Crippen LogP contribution >= 0.6 is 11.6 Å². The SMILES string of the molecule is OCNCCN(CCc1cc(C(F)(F)F)nn1-c1ccccc1Cl)CCC1C=CCCC1. The molecular formula is C23H30ClF3N4O. The van der Waals surface area contributed by atoms with E-state index < -0.39 is 11.9 Å². The van der Waals surface area contributed by atoms with Gasteiger partial charge in [0.25, 0.3) is 0 Å². The fourth-order valence-corrected chi connectivity index (χ4v) is 4.18. The van der Waals surface area contributed by atoms with Crippen LogP contribution in [0.3, 0.4) is 0 Å². The van der Waals surface area contributed by atoms with Crippen LogP contribution in [0.15, 0.2) is 42.5 Å². The highest BCUT2D eigenvalue weighted by Crippen LogP contribution is 2.31. The molecule has 2 N–H and O–H groups in total. The predicted octanol–water partition coefficient (Wildman–Crippen LogP) is 4.67. The van der Waals surface area contributed by atoms with Crippen molar-refractivity contribution in [3.05, 3.63) is 58.9 Å². The molecule has 0 bridgehead atoms. The molecule has 5 nitrogen and oxygen atoms in total. The van der Waals surface area contributed by atoms with E-state index in [-0.39, 0.29) is 6.73 Å². The highest BCUT2D eigenvalue weighted by Gasteiger charge is 2.35. The van der Waals surface area contributed by atoms with Crippen LogP contribution in [0.1, 0.15) is 37.1 Å². The van der Waals surface area contributed by atoms with Crippen molar-refractivity contribution in [2.24, 2.45) is 5.92 Å². The molecule has 1 aromatic heterocycles. The number of alkyl halides is 3. The van der Waals surface area contributed by atoms with Gasteiger partial charge in [-0.25, -0.2) is 4.68 Å². The molecule has 1 atom stereocenters. The quantitative estimate of drug-likeness (QED) is 0.284. The summed E-state index contributed by atoms with van der Waals surface area (Å²) in [6.07, 6.45) is 4.88. The Hall–Kier alpha value is -1.87. The van der Waals surface area contributed by atoms with E-state index in [1.807, 2.05) is 0 Å². The summed E-state index contributed by atoms with van der Waals surface area (Å²) in [6, 6.07) is 7.87. The number of para-hydroxylation sites is 1. The van der Waals surface area contributed by atoms with Gasteiger partial charge < -0.3 is 10.0 Å². The van der Waals surface area contributed by atoms with E-state index in [0.29, 0.717) is 48.4 Å². The number of aromatic nitrogens is 2. The molecule has 1 aliphatic rings. The summed E-state index contributed by atoms with van der Waals surface area (Å²) < 4.78 is 41.4. The molecular weight excluding hydrogens is 441 g/mol. The number of aliphatic hydroxyl groups excluding tert-OH is 1. The van der Waals surface area contributed by atoms with Gasteiger partial charge in [0, 0.05) is 31.7 Å². The van der Waals surface area contributed by atoms with Crippen molar-refractivity contribution < 1.29 is 18.3 Å². The summed E-state index contributed by atoms with van der Waals surface area (Å²) in [4.78, 5) is 2.22. The number of benzene rings is 1. The number of nitrogens with one attached hydrogen (secondary N) is 1. The zero-order valence-electron chi connectivity index (χ0n) is 18.0. The maximum absolute atomic E-state index is 13.4. The lowest BCUT2D eigenvalue weighted by Gasteiger charge is -2.25. The second kappa shape index (κ2) is 11.8. The molecule has 0 spiro atoms. The van der Waals surface area contributed by atoms with Crippen LogP contribution in [0.5, 0.6) is 0 Å². The maximum Gasteiger partial charge on any atom is 0.435 e. The van der Waals surface area contributed by atoms with Crippen molar-refractivity contribution in [2.75, 3.05) is 32.9 Å². The van der Waals surface area contributed by atoms with Gasteiger partial charge in [0.1, 0.15) is 0 Å². The average Bonchev–Trinajstić information content (AvgIpc) is 3.21. The van der Waals surface area contributed by atoms with Gasteiger partial charge in [0.2, 0.25) is 0 Å². The zero-order chi connectivity index (χ0) is 23.0. The Balaban J connectivity index is 1.74. The second-order valence-corrected chi connectivity index (χ2v) is 8.45. The minimum absolute atomic E-state index is 0.104. The highest BCUT2D eigenvalue weighted by molar-refractivity contribution is 6.32. The number of halogens is 4. The van der Waals surface area contributed by atoms with Gasteiger partial charge in [-0.15, -0.1) is 0 Å². The molecule has 2 aromatic rings. The molecule has 32 heavy (non-hydrogen) atoms. The van der Waals surface area contributed by atoms with Gasteiger partial charge >= 0.3 is 6.18 Å². The first-order valence-electron chi connectivity index (χ1n) is 11.0. The van der Waals surface area contributed by atoms with Crippen LogP contribution in [0, 0.1) is 5.92 Å².